The van der Waals surface area contributed by atoms with Crippen molar-refractivity contribution in [2.24, 2.45) is 0 Å². The number of ether oxygens (including phenoxy) is 1. The van der Waals surface area contributed by atoms with Crippen LogP contribution in [-0.2, 0) is 4.79 Å². The van der Waals surface area contributed by atoms with Crippen LogP contribution in [0.5, 0.6) is 5.75 Å². The van der Waals surface area contributed by atoms with E-state index in [1.807, 2.05) is 6.07 Å². The van der Waals surface area contributed by atoms with Crippen molar-refractivity contribution < 1.29 is 14.3 Å². The minimum absolute atomic E-state index is 0.00119. The number of amides is 1. The zero-order valence-electron chi connectivity index (χ0n) is 11.1. The molecule has 0 aliphatic carbocycles. The van der Waals surface area contributed by atoms with Gasteiger partial charge < -0.3 is 10.1 Å². The molecular weight excluding hydrogens is 268 g/mol. The molecule has 1 aliphatic rings. The molecule has 0 atom stereocenters. The van der Waals surface area contributed by atoms with Crippen LogP contribution in [-0.4, -0.2) is 23.3 Å². The molecule has 104 valence electrons. The zero-order valence-corrected chi connectivity index (χ0v) is 11.1. The second-order valence-electron chi connectivity index (χ2n) is 4.53. The van der Waals surface area contributed by atoms with Crippen LogP contribution in [0.4, 0.5) is 5.69 Å². The fraction of sp³-hybridized carbons (Fsp3) is 0.0625. The van der Waals surface area contributed by atoms with Crippen LogP contribution in [0.15, 0.2) is 48.8 Å². The molecule has 0 bridgehead atoms. The van der Waals surface area contributed by atoms with Gasteiger partial charge in [-0.25, -0.2) is 0 Å². The van der Waals surface area contributed by atoms with Gasteiger partial charge in [-0.3, -0.25) is 14.6 Å². The first-order chi connectivity index (χ1) is 10.2. The third-order valence-electron chi connectivity index (χ3n) is 3.01. The number of fused-ring (bicyclic) bond motifs is 1. The summed E-state index contributed by atoms with van der Waals surface area (Å²) in [5.74, 6) is 0.196. The lowest BCUT2D eigenvalue weighted by Gasteiger charge is -2.17. The quantitative estimate of drug-likeness (QED) is 0.692. The second-order valence-corrected chi connectivity index (χ2v) is 4.53. The number of carbonyl (C=O) groups is 2. The van der Waals surface area contributed by atoms with Crippen molar-refractivity contribution in [3.05, 3.63) is 59.9 Å². The van der Waals surface area contributed by atoms with Gasteiger partial charge in [0, 0.05) is 18.0 Å². The largest absolute Gasteiger partial charge is 0.482 e. The van der Waals surface area contributed by atoms with E-state index in [1.54, 1.807) is 42.7 Å². The topological polar surface area (TPSA) is 68.3 Å². The maximum absolute atomic E-state index is 12.1. The Labute approximate surface area is 121 Å². The summed E-state index contributed by atoms with van der Waals surface area (Å²) < 4.78 is 5.25. The number of allylic oxidation sites excluding steroid dienone is 1. The van der Waals surface area contributed by atoms with E-state index in [0.29, 0.717) is 17.0 Å². The van der Waals surface area contributed by atoms with E-state index >= 15 is 0 Å². The number of benzene rings is 1. The summed E-state index contributed by atoms with van der Waals surface area (Å²) in [6.07, 6.45) is 6.52. The van der Waals surface area contributed by atoms with Crippen LogP contribution in [0.1, 0.15) is 15.9 Å². The van der Waals surface area contributed by atoms with Crippen molar-refractivity contribution in [1.82, 2.24) is 4.98 Å². The maximum atomic E-state index is 12.1. The highest BCUT2D eigenvalue weighted by Gasteiger charge is 2.17. The van der Waals surface area contributed by atoms with Gasteiger partial charge >= 0.3 is 0 Å². The smallest absolute Gasteiger partial charge is 0.262 e. The summed E-state index contributed by atoms with van der Waals surface area (Å²) in [6, 6.07) is 8.63. The third-order valence-corrected chi connectivity index (χ3v) is 3.01. The van der Waals surface area contributed by atoms with E-state index in [-0.39, 0.29) is 18.3 Å². The Kier molecular flexibility index (Phi) is 3.47. The summed E-state index contributed by atoms with van der Waals surface area (Å²) in [5.41, 5.74) is 1.85. The first kappa shape index (κ1) is 13.1. The molecule has 2 aromatic rings. The summed E-state index contributed by atoms with van der Waals surface area (Å²) in [5, 5.41) is 2.68. The summed E-state index contributed by atoms with van der Waals surface area (Å²) in [4.78, 5) is 27.4. The molecule has 0 saturated heterocycles. The van der Waals surface area contributed by atoms with Crippen molar-refractivity contribution in [2.75, 3.05) is 11.9 Å². The number of hydrogen-bond donors (Lipinski definition) is 1. The van der Waals surface area contributed by atoms with Crippen molar-refractivity contribution in [1.29, 1.82) is 0 Å². The zero-order chi connectivity index (χ0) is 14.7. The number of aromatic nitrogens is 1. The number of hydrogen-bond acceptors (Lipinski definition) is 4. The second kappa shape index (κ2) is 5.58. The molecule has 1 aromatic heterocycles. The normalized spacial score (nSPS) is 13.4. The highest BCUT2D eigenvalue weighted by atomic mass is 16.5. The SMILES string of the molecule is O=C1COc2ccc(C(=O)/C=C/c3cccnc3)cc2N1. The molecule has 0 spiro atoms. The molecule has 2 heterocycles. The number of pyridine rings is 1. The van der Waals surface area contributed by atoms with Crippen molar-refractivity contribution >= 4 is 23.5 Å². The van der Waals surface area contributed by atoms with Gasteiger partial charge in [0.05, 0.1) is 5.69 Å². The van der Waals surface area contributed by atoms with Crippen LogP contribution in [0.25, 0.3) is 6.08 Å². The molecule has 1 amide bonds. The molecular formula is C16H12N2O3. The molecule has 0 radical (unpaired) electrons. The van der Waals surface area contributed by atoms with E-state index in [4.69, 9.17) is 4.74 Å². The van der Waals surface area contributed by atoms with E-state index in [9.17, 15) is 9.59 Å². The number of anilines is 1. The van der Waals surface area contributed by atoms with Crippen LogP contribution in [0, 0.1) is 0 Å². The van der Waals surface area contributed by atoms with E-state index in [1.165, 1.54) is 6.08 Å². The molecule has 5 nitrogen and oxygen atoms in total. The molecule has 1 aliphatic heterocycles. The molecule has 0 saturated carbocycles. The Morgan fingerprint density at radius 2 is 2.24 bits per heavy atom. The maximum Gasteiger partial charge on any atom is 0.262 e. The lowest BCUT2D eigenvalue weighted by molar-refractivity contribution is -0.118. The molecule has 3 rings (SSSR count). The molecule has 1 aromatic carbocycles. The van der Waals surface area contributed by atoms with Crippen LogP contribution >= 0.6 is 0 Å². The Morgan fingerprint density at radius 1 is 1.33 bits per heavy atom. The Bertz CT molecular complexity index is 724. The van der Waals surface area contributed by atoms with Gasteiger partial charge in [0.1, 0.15) is 5.75 Å². The lowest BCUT2D eigenvalue weighted by Crippen LogP contribution is -2.25. The first-order valence-electron chi connectivity index (χ1n) is 6.41. The average Bonchev–Trinajstić information content (AvgIpc) is 2.53. The number of rotatable bonds is 3. The predicted octanol–water partition coefficient (Wildman–Crippen LogP) is 2.31. The molecule has 1 N–H and O–H groups in total. The highest BCUT2D eigenvalue weighted by molar-refractivity contribution is 6.08. The number of nitrogens with zero attached hydrogens (tertiary/aromatic N) is 1. The minimum atomic E-state index is -0.224. The van der Waals surface area contributed by atoms with Crippen molar-refractivity contribution in [2.45, 2.75) is 0 Å². The van der Waals surface area contributed by atoms with Crippen molar-refractivity contribution in [3.8, 4) is 5.75 Å². The Hall–Kier alpha value is -2.95. The molecule has 21 heavy (non-hydrogen) atoms. The van der Waals surface area contributed by atoms with Gasteiger partial charge in [0.15, 0.2) is 12.4 Å². The van der Waals surface area contributed by atoms with Gasteiger partial charge in [0.2, 0.25) is 0 Å². The van der Waals surface area contributed by atoms with Gasteiger partial charge in [0.25, 0.3) is 5.91 Å². The highest BCUT2D eigenvalue weighted by Crippen LogP contribution is 2.28. The molecule has 0 unspecified atom stereocenters. The summed E-state index contributed by atoms with van der Waals surface area (Å²) >= 11 is 0. The molecule has 5 heteroatoms. The molecule has 0 fully saturated rings. The summed E-state index contributed by atoms with van der Waals surface area (Å²) in [6.45, 7) is 0.00119. The first-order valence-corrected chi connectivity index (χ1v) is 6.41. The van der Waals surface area contributed by atoms with E-state index < -0.39 is 0 Å². The third kappa shape index (κ3) is 2.97. The minimum Gasteiger partial charge on any atom is -0.482 e. The predicted molar refractivity (Wildman–Crippen MR) is 78.2 cm³/mol. The fourth-order valence-corrected chi connectivity index (χ4v) is 1.98. The Balaban J connectivity index is 1.81. The number of nitrogens with one attached hydrogen (secondary N) is 1. The lowest BCUT2D eigenvalue weighted by atomic mass is 10.1. The van der Waals surface area contributed by atoms with Gasteiger partial charge in [-0.05, 0) is 42.0 Å². The van der Waals surface area contributed by atoms with Crippen LogP contribution in [0.3, 0.4) is 0 Å². The standard InChI is InChI=1S/C16H12N2O3/c19-14(5-3-11-2-1-7-17-9-11)12-4-6-15-13(8-12)18-16(20)10-21-15/h1-9H,10H2,(H,18,20)/b5-3+. The average molecular weight is 280 g/mol. The van der Waals surface area contributed by atoms with Gasteiger partial charge in [-0.2, -0.15) is 0 Å². The monoisotopic (exact) mass is 280 g/mol. The number of ketones is 1. The van der Waals surface area contributed by atoms with Gasteiger partial charge in [-0.15, -0.1) is 0 Å². The Morgan fingerprint density at radius 3 is 3.05 bits per heavy atom. The van der Waals surface area contributed by atoms with E-state index in [0.717, 1.165) is 5.56 Å². The van der Waals surface area contributed by atoms with Crippen LogP contribution in [0.2, 0.25) is 0 Å². The van der Waals surface area contributed by atoms with Gasteiger partial charge in [-0.1, -0.05) is 6.07 Å². The number of carbonyl (C=O) groups excluding carboxylic acids is 2. The summed E-state index contributed by atoms with van der Waals surface area (Å²) in [7, 11) is 0. The van der Waals surface area contributed by atoms with Crippen LogP contribution < -0.4 is 10.1 Å². The van der Waals surface area contributed by atoms with E-state index in [2.05, 4.69) is 10.3 Å². The van der Waals surface area contributed by atoms with Crippen molar-refractivity contribution in [3.63, 3.8) is 0 Å². The fourth-order valence-electron chi connectivity index (χ4n) is 1.98.